The SMILES string of the molecule is CONC(C)C1CCC(O)C2C(O)C3C(O)[C@]4(O)C(O)C(C(N)O)C(O)C[C@@H]4C[C@@H]3CC12. The molecule has 10 heteroatoms. The molecule has 4 aliphatic rings. The third-order valence-corrected chi connectivity index (χ3v) is 9.42. The van der Waals surface area contributed by atoms with Gasteiger partial charge in [0, 0.05) is 17.9 Å². The van der Waals surface area contributed by atoms with Gasteiger partial charge in [-0.25, -0.2) is 0 Å². The van der Waals surface area contributed by atoms with Crippen LogP contribution in [0.2, 0.25) is 0 Å². The first kappa shape index (κ1) is 24.7. The number of hydroxylamine groups is 1. The zero-order chi connectivity index (χ0) is 23.5. The Hall–Kier alpha value is -0.400. The molecule has 0 aromatic rings. The average molecular weight is 461 g/mol. The van der Waals surface area contributed by atoms with Crippen molar-refractivity contribution in [2.75, 3.05) is 7.11 Å². The Balaban J connectivity index is 1.65. The molecule has 0 amide bonds. The quantitative estimate of drug-likeness (QED) is 0.162. The molecule has 4 fully saturated rings. The summed E-state index contributed by atoms with van der Waals surface area (Å²) in [6.45, 7) is 2.02. The summed E-state index contributed by atoms with van der Waals surface area (Å²) >= 11 is 0. The van der Waals surface area contributed by atoms with Crippen LogP contribution in [0.1, 0.15) is 39.0 Å². The first-order valence-electron chi connectivity index (χ1n) is 11.9. The fourth-order valence-corrected chi connectivity index (χ4v) is 7.97. The molecule has 4 saturated carbocycles. The Kier molecular flexibility index (Phi) is 6.95. The van der Waals surface area contributed by atoms with Crippen molar-refractivity contribution in [3.05, 3.63) is 0 Å². The summed E-state index contributed by atoms with van der Waals surface area (Å²) in [6.07, 6.45) is -5.13. The van der Waals surface area contributed by atoms with E-state index < -0.39 is 66.0 Å². The van der Waals surface area contributed by atoms with Gasteiger partial charge in [0.2, 0.25) is 0 Å². The van der Waals surface area contributed by atoms with Crippen LogP contribution in [-0.4, -0.2) is 91.2 Å². The minimum absolute atomic E-state index is 0.00286. The highest BCUT2D eigenvalue weighted by atomic mass is 16.6. The molecule has 0 bridgehead atoms. The molecule has 10 nitrogen and oxygen atoms in total. The number of fused-ring (bicyclic) bond motifs is 3. The minimum Gasteiger partial charge on any atom is -0.393 e. The maximum absolute atomic E-state index is 11.5. The van der Waals surface area contributed by atoms with Crippen molar-refractivity contribution in [1.82, 2.24) is 5.48 Å². The van der Waals surface area contributed by atoms with Gasteiger partial charge < -0.3 is 46.3 Å². The second kappa shape index (κ2) is 8.99. The van der Waals surface area contributed by atoms with Crippen molar-refractivity contribution < 1.29 is 40.6 Å². The monoisotopic (exact) mass is 460 g/mol. The van der Waals surface area contributed by atoms with Gasteiger partial charge in [0.15, 0.2) is 0 Å². The molecule has 186 valence electrons. The number of aliphatic hydroxyl groups is 7. The average Bonchev–Trinajstić information content (AvgIpc) is 2.70. The Bertz CT molecular complexity index is 670. The molecule has 0 saturated heterocycles. The van der Waals surface area contributed by atoms with Crippen LogP contribution in [0.5, 0.6) is 0 Å². The molecule has 32 heavy (non-hydrogen) atoms. The summed E-state index contributed by atoms with van der Waals surface area (Å²) in [4.78, 5) is 5.12. The van der Waals surface area contributed by atoms with E-state index in [1.807, 2.05) is 6.92 Å². The van der Waals surface area contributed by atoms with Crippen LogP contribution in [0.3, 0.4) is 0 Å². The highest BCUT2D eigenvalue weighted by molar-refractivity contribution is 5.16. The van der Waals surface area contributed by atoms with Gasteiger partial charge in [-0.1, -0.05) is 0 Å². The number of rotatable bonds is 4. The van der Waals surface area contributed by atoms with Crippen molar-refractivity contribution in [2.24, 2.45) is 47.2 Å². The molecular formula is C22H40N2O8. The first-order valence-corrected chi connectivity index (χ1v) is 11.9. The lowest BCUT2D eigenvalue weighted by Gasteiger charge is -2.62. The molecule has 0 radical (unpaired) electrons. The van der Waals surface area contributed by atoms with E-state index >= 15 is 0 Å². The number of aliphatic hydroxyl groups excluding tert-OH is 6. The maximum Gasteiger partial charge on any atom is 0.120 e. The van der Waals surface area contributed by atoms with E-state index in [2.05, 4.69) is 5.48 Å². The van der Waals surface area contributed by atoms with E-state index in [9.17, 15) is 35.7 Å². The van der Waals surface area contributed by atoms with Gasteiger partial charge in [-0.2, -0.15) is 5.48 Å². The second-order valence-electron chi connectivity index (χ2n) is 10.8. The van der Waals surface area contributed by atoms with E-state index in [0.29, 0.717) is 19.3 Å². The van der Waals surface area contributed by atoms with Gasteiger partial charge in [0.05, 0.1) is 43.5 Å². The topological polar surface area (TPSA) is 189 Å². The lowest BCUT2D eigenvalue weighted by Crippen LogP contribution is -2.74. The summed E-state index contributed by atoms with van der Waals surface area (Å²) in [5, 5.41) is 76.3. The van der Waals surface area contributed by atoms with Crippen LogP contribution in [0.25, 0.3) is 0 Å². The maximum atomic E-state index is 11.5. The summed E-state index contributed by atoms with van der Waals surface area (Å²) in [6, 6.07) is 0.0133. The largest absolute Gasteiger partial charge is 0.393 e. The number of nitrogens with two attached hydrogens (primary N) is 1. The zero-order valence-corrected chi connectivity index (χ0v) is 18.7. The van der Waals surface area contributed by atoms with Crippen LogP contribution < -0.4 is 11.2 Å². The van der Waals surface area contributed by atoms with E-state index in [-0.39, 0.29) is 30.2 Å². The van der Waals surface area contributed by atoms with E-state index in [1.165, 1.54) is 0 Å². The van der Waals surface area contributed by atoms with Gasteiger partial charge in [0.25, 0.3) is 0 Å². The molecule has 0 aliphatic heterocycles. The predicted molar refractivity (Wildman–Crippen MR) is 112 cm³/mol. The highest BCUT2D eigenvalue weighted by Crippen LogP contribution is 2.58. The van der Waals surface area contributed by atoms with Crippen LogP contribution in [0, 0.1) is 41.4 Å². The Morgan fingerprint density at radius 2 is 1.66 bits per heavy atom. The van der Waals surface area contributed by atoms with Crippen molar-refractivity contribution >= 4 is 0 Å². The molecule has 4 rings (SSSR count). The molecule has 0 aromatic carbocycles. The highest BCUT2D eigenvalue weighted by Gasteiger charge is 2.66. The minimum atomic E-state index is -2.01. The Morgan fingerprint density at radius 3 is 2.28 bits per heavy atom. The van der Waals surface area contributed by atoms with Gasteiger partial charge in [-0.15, -0.1) is 0 Å². The molecule has 12 unspecified atom stereocenters. The third-order valence-electron chi connectivity index (χ3n) is 9.42. The van der Waals surface area contributed by atoms with Crippen molar-refractivity contribution in [3.63, 3.8) is 0 Å². The van der Waals surface area contributed by atoms with Crippen molar-refractivity contribution in [1.29, 1.82) is 0 Å². The van der Waals surface area contributed by atoms with Gasteiger partial charge in [-0.3, -0.25) is 0 Å². The smallest absolute Gasteiger partial charge is 0.120 e. The first-order chi connectivity index (χ1) is 15.0. The summed E-state index contributed by atoms with van der Waals surface area (Å²) in [7, 11) is 1.56. The number of nitrogens with one attached hydrogen (secondary N) is 1. The summed E-state index contributed by atoms with van der Waals surface area (Å²) in [5.74, 6) is -3.00. The standard InChI is InChI=1S/C22H40N2O8/c1-8(24-32-2)11-3-4-13(25)16-12(11)6-9-5-10-7-14(26)17(21(23)30)20(29)22(10,31)19(28)15(9)18(16)27/h8-21,24-31H,3-7,23H2,1-2H3/t8?,9-,10+,11?,12?,13?,14?,15?,16?,17?,18?,19?,20?,21?,22+/m1/s1. The molecule has 15 atom stereocenters. The zero-order valence-electron chi connectivity index (χ0n) is 18.7. The van der Waals surface area contributed by atoms with E-state index in [1.54, 1.807) is 7.11 Å². The normalized spacial score (nSPS) is 55.3. The predicted octanol–water partition coefficient (Wildman–Crippen LogP) is -2.34. The van der Waals surface area contributed by atoms with Gasteiger partial charge >= 0.3 is 0 Å². The lowest BCUT2D eigenvalue weighted by atomic mass is 9.47. The summed E-state index contributed by atoms with van der Waals surface area (Å²) < 4.78 is 0. The summed E-state index contributed by atoms with van der Waals surface area (Å²) in [5.41, 5.74) is 6.52. The van der Waals surface area contributed by atoms with Crippen LogP contribution >= 0.6 is 0 Å². The fraction of sp³-hybridized carbons (Fsp3) is 1.00. The molecular weight excluding hydrogens is 420 g/mol. The second-order valence-corrected chi connectivity index (χ2v) is 10.8. The van der Waals surface area contributed by atoms with Crippen LogP contribution in [0.4, 0.5) is 0 Å². The van der Waals surface area contributed by atoms with Gasteiger partial charge in [0.1, 0.15) is 11.8 Å². The Labute approximate surface area is 188 Å². The molecule has 0 aromatic heterocycles. The van der Waals surface area contributed by atoms with Crippen LogP contribution in [0.15, 0.2) is 0 Å². The lowest BCUT2D eigenvalue weighted by molar-refractivity contribution is -0.295. The Morgan fingerprint density at radius 1 is 0.969 bits per heavy atom. The van der Waals surface area contributed by atoms with E-state index in [0.717, 1.165) is 6.42 Å². The fourth-order valence-electron chi connectivity index (χ4n) is 7.97. The number of hydrogen-bond acceptors (Lipinski definition) is 10. The molecule has 0 heterocycles. The van der Waals surface area contributed by atoms with Crippen LogP contribution in [-0.2, 0) is 4.84 Å². The number of hydrogen-bond donors (Lipinski definition) is 9. The van der Waals surface area contributed by atoms with Gasteiger partial charge in [-0.05, 0) is 62.7 Å². The van der Waals surface area contributed by atoms with Crippen molar-refractivity contribution in [2.45, 2.75) is 87.4 Å². The molecule has 0 spiro atoms. The molecule has 10 N–H and O–H groups in total. The third kappa shape index (κ3) is 3.64. The molecule has 4 aliphatic carbocycles. The van der Waals surface area contributed by atoms with E-state index in [4.69, 9.17) is 10.6 Å². The van der Waals surface area contributed by atoms with Crippen molar-refractivity contribution in [3.8, 4) is 0 Å².